The molecule has 0 aliphatic heterocycles. The highest BCUT2D eigenvalue weighted by atomic mass is 27.2. The van der Waals surface area contributed by atoms with Gasteiger partial charge < -0.3 is 7.58 Å². The van der Waals surface area contributed by atoms with Crippen molar-refractivity contribution in [3.05, 3.63) is 58.7 Å². The molecule has 0 aliphatic carbocycles. The third kappa shape index (κ3) is 5.81. The lowest BCUT2D eigenvalue weighted by molar-refractivity contribution is 0.407. The van der Waals surface area contributed by atoms with E-state index in [1.165, 1.54) is 22.3 Å². The average molecular weight is 411 g/mol. The van der Waals surface area contributed by atoms with Gasteiger partial charge in [-0.05, 0) is 51.2 Å². The zero-order valence-electron chi connectivity index (χ0n) is 19.9. The molecule has 0 aromatic heterocycles. The van der Waals surface area contributed by atoms with Crippen molar-refractivity contribution >= 4 is 14.8 Å². The van der Waals surface area contributed by atoms with Crippen molar-refractivity contribution in [2.24, 2.45) is 0 Å². The summed E-state index contributed by atoms with van der Waals surface area (Å²) in [5.41, 5.74) is 5.14. The summed E-state index contributed by atoms with van der Waals surface area (Å²) in [6.07, 6.45) is 0. The first kappa shape index (κ1) is 23.8. The van der Waals surface area contributed by atoms with Gasteiger partial charge in [0.25, 0.3) is 0 Å². The summed E-state index contributed by atoms with van der Waals surface area (Å²) >= 11 is -1.94. The van der Waals surface area contributed by atoms with Crippen LogP contribution in [0.15, 0.2) is 36.4 Å². The molecule has 0 spiro atoms. The fourth-order valence-electron chi connectivity index (χ4n) is 3.69. The Kier molecular flexibility index (Phi) is 8.68. The highest BCUT2D eigenvalue weighted by Gasteiger charge is 2.34. The van der Waals surface area contributed by atoms with Crippen molar-refractivity contribution in [1.82, 2.24) is 0 Å². The summed E-state index contributed by atoms with van der Waals surface area (Å²) < 4.78 is 13.5. The second-order valence-corrected chi connectivity index (χ2v) is 11.4. The molecule has 2 aromatic rings. The Morgan fingerprint density at radius 2 is 0.862 bits per heavy atom. The first-order chi connectivity index (χ1) is 13.7. The number of hydrogen-bond donors (Lipinski definition) is 0. The lowest BCUT2D eigenvalue weighted by Gasteiger charge is -2.26. The van der Waals surface area contributed by atoms with Gasteiger partial charge in [0.2, 0.25) is 0 Å². The monoisotopic (exact) mass is 410 g/mol. The molecule has 3 heteroatoms. The molecule has 0 saturated heterocycles. The molecule has 0 amide bonds. The Hall–Kier alpha value is -1.43. The molecule has 0 unspecified atom stereocenters. The van der Waals surface area contributed by atoms with E-state index in [-0.39, 0.29) is 0 Å². The quantitative estimate of drug-likeness (QED) is 0.388. The third-order valence-corrected chi connectivity index (χ3v) is 7.14. The van der Waals surface area contributed by atoms with Gasteiger partial charge >= 0.3 is 14.8 Å². The van der Waals surface area contributed by atoms with Gasteiger partial charge in [0.05, 0.1) is 11.5 Å². The number of rotatable bonds is 9. The van der Waals surface area contributed by atoms with Crippen LogP contribution in [0.4, 0.5) is 0 Å². The van der Waals surface area contributed by atoms with Crippen LogP contribution < -0.4 is 7.58 Å². The van der Waals surface area contributed by atoms with Crippen molar-refractivity contribution in [2.45, 2.75) is 91.3 Å². The van der Waals surface area contributed by atoms with Crippen LogP contribution in [-0.2, 0) is 0 Å². The first-order valence-electron chi connectivity index (χ1n) is 11.3. The minimum absolute atomic E-state index is 0.421. The maximum atomic E-state index is 6.74. The number of para-hydroxylation sites is 2. The molecular weight excluding hydrogens is 371 g/mol. The topological polar surface area (TPSA) is 18.5 Å². The molecule has 0 radical (unpaired) electrons. The van der Waals surface area contributed by atoms with Gasteiger partial charge in [-0.1, -0.05) is 98.7 Å². The lowest BCUT2D eigenvalue weighted by atomic mass is 9.94. The van der Waals surface area contributed by atoms with Gasteiger partial charge in [0, 0.05) is 0 Å². The Morgan fingerprint density at radius 3 is 1.07 bits per heavy atom. The molecule has 2 aromatic carbocycles. The fraction of sp³-hybridized carbons (Fsp3) is 0.538. The van der Waals surface area contributed by atoms with Crippen LogP contribution in [0.25, 0.3) is 0 Å². The van der Waals surface area contributed by atoms with Crippen molar-refractivity contribution in [1.29, 1.82) is 0 Å². The van der Waals surface area contributed by atoms with E-state index >= 15 is 0 Å². The normalized spacial score (nSPS) is 11.6. The number of hydrogen-bond acceptors (Lipinski definition) is 2. The molecule has 0 heterocycles. The molecule has 2 nitrogen and oxygen atoms in total. The van der Waals surface area contributed by atoms with Crippen LogP contribution in [0.5, 0.6) is 11.5 Å². The minimum Gasteiger partial charge on any atom is -0.611 e. The van der Waals surface area contributed by atoms with Crippen molar-refractivity contribution in [3.63, 3.8) is 0 Å². The predicted molar refractivity (Wildman–Crippen MR) is 127 cm³/mol. The SMILES string of the molecule is C[CH2][Al]([O]c1c(C(C)C)cccc1C(C)C)[O]c1c(C(C)C)cccc1C(C)C. The third-order valence-electron chi connectivity index (χ3n) is 5.47. The largest absolute Gasteiger partial charge is 0.856 e. The van der Waals surface area contributed by atoms with Gasteiger partial charge in [0.1, 0.15) is 0 Å². The summed E-state index contributed by atoms with van der Waals surface area (Å²) in [6.45, 7) is 20.1. The summed E-state index contributed by atoms with van der Waals surface area (Å²) in [5, 5.41) is 0.925. The second kappa shape index (κ2) is 10.6. The van der Waals surface area contributed by atoms with E-state index < -0.39 is 14.8 Å². The lowest BCUT2D eigenvalue weighted by Crippen LogP contribution is -2.31. The summed E-state index contributed by atoms with van der Waals surface area (Å²) in [7, 11) is 0. The molecule has 29 heavy (non-hydrogen) atoms. The molecule has 0 aliphatic rings. The molecule has 0 atom stereocenters. The van der Waals surface area contributed by atoms with E-state index in [1.54, 1.807) is 0 Å². The minimum atomic E-state index is -1.94. The van der Waals surface area contributed by atoms with Gasteiger partial charge in [0.15, 0.2) is 0 Å². The zero-order chi connectivity index (χ0) is 21.7. The standard InChI is InChI=1S/2C12H18O.C2H5.Al/c2*1-8(2)10-6-5-7-11(9(3)4)12(10)13;1-2;/h2*5-9,13H,1-4H3;1H2,2H3;/q;;;+2/p-2. The Balaban J connectivity index is 2.46. The van der Waals surface area contributed by atoms with E-state index in [4.69, 9.17) is 7.58 Å². The van der Waals surface area contributed by atoms with Gasteiger partial charge in [-0.2, -0.15) is 0 Å². The van der Waals surface area contributed by atoms with E-state index in [2.05, 4.69) is 98.7 Å². The molecule has 0 bridgehead atoms. The predicted octanol–water partition coefficient (Wildman–Crippen LogP) is 8.15. The molecule has 0 N–H and O–H groups in total. The fourth-order valence-corrected chi connectivity index (χ4v) is 5.14. The Labute approximate surface area is 183 Å². The van der Waals surface area contributed by atoms with E-state index in [0.29, 0.717) is 23.7 Å². The van der Waals surface area contributed by atoms with Crippen molar-refractivity contribution < 1.29 is 7.58 Å². The molecular formula is C26H39AlO2. The highest BCUT2D eigenvalue weighted by Crippen LogP contribution is 2.38. The van der Waals surface area contributed by atoms with Gasteiger partial charge in [-0.15, -0.1) is 0 Å². The van der Waals surface area contributed by atoms with Gasteiger partial charge in [-0.25, -0.2) is 0 Å². The van der Waals surface area contributed by atoms with Crippen LogP contribution >= 0.6 is 0 Å². The maximum absolute atomic E-state index is 6.74. The average Bonchev–Trinajstić information content (AvgIpc) is 2.66. The Bertz CT molecular complexity index is 675. The summed E-state index contributed by atoms with van der Waals surface area (Å²) in [6, 6.07) is 13.1. The first-order valence-corrected chi connectivity index (χ1v) is 13.0. The maximum Gasteiger partial charge on any atom is 0.856 e. The van der Waals surface area contributed by atoms with E-state index in [0.717, 1.165) is 16.8 Å². The van der Waals surface area contributed by atoms with Crippen LogP contribution in [0.1, 0.15) is 108 Å². The smallest absolute Gasteiger partial charge is 0.611 e. The van der Waals surface area contributed by atoms with Gasteiger partial charge in [-0.3, -0.25) is 0 Å². The summed E-state index contributed by atoms with van der Waals surface area (Å²) in [5.74, 6) is 3.80. The molecule has 158 valence electrons. The van der Waals surface area contributed by atoms with E-state index in [1.807, 2.05) is 0 Å². The summed E-state index contributed by atoms with van der Waals surface area (Å²) in [4.78, 5) is 0. The zero-order valence-corrected chi connectivity index (χ0v) is 21.0. The highest BCUT2D eigenvalue weighted by molar-refractivity contribution is 6.46. The van der Waals surface area contributed by atoms with Crippen molar-refractivity contribution in [2.75, 3.05) is 0 Å². The van der Waals surface area contributed by atoms with E-state index in [9.17, 15) is 0 Å². The molecule has 0 saturated carbocycles. The molecule has 2 rings (SSSR count). The Morgan fingerprint density at radius 1 is 0.586 bits per heavy atom. The van der Waals surface area contributed by atoms with Crippen LogP contribution in [0.3, 0.4) is 0 Å². The van der Waals surface area contributed by atoms with Crippen LogP contribution in [0.2, 0.25) is 5.28 Å². The van der Waals surface area contributed by atoms with Crippen LogP contribution in [0, 0.1) is 0 Å². The number of benzene rings is 2. The molecule has 0 fully saturated rings. The van der Waals surface area contributed by atoms with Crippen molar-refractivity contribution in [3.8, 4) is 11.5 Å². The second-order valence-electron chi connectivity index (χ2n) is 9.22. The van der Waals surface area contributed by atoms with Crippen LogP contribution in [-0.4, -0.2) is 14.8 Å².